The van der Waals surface area contributed by atoms with Crippen LogP contribution in [0.15, 0.2) is 172 Å². The van der Waals surface area contributed by atoms with Gasteiger partial charge in [-0.2, -0.15) is 0 Å². The van der Waals surface area contributed by atoms with Crippen molar-refractivity contribution < 1.29 is 4.42 Å². The van der Waals surface area contributed by atoms with Crippen LogP contribution in [-0.2, 0) is 5.41 Å². The van der Waals surface area contributed by atoms with E-state index in [1.807, 2.05) is 42.3 Å². The Kier molecular flexibility index (Phi) is 5.72. The molecule has 0 unspecified atom stereocenters. The van der Waals surface area contributed by atoms with Gasteiger partial charge in [0, 0.05) is 31.9 Å². The van der Waals surface area contributed by atoms with Gasteiger partial charge in [-0.1, -0.05) is 133 Å². The lowest BCUT2D eigenvalue weighted by Gasteiger charge is -2.39. The van der Waals surface area contributed by atoms with Gasteiger partial charge < -0.3 is 4.42 Å². The number of nitrogens with zero attached hydrogens (tertiary/aromatic N) is 2. The zero-order valence-electron chi connectivity index (χ0n) is 25.2. The first-order chi connectivity index (χ1) is 23.3. The largest absolute Gasteiger partial charge is 0.464 e. The minimum atomic E-state index is -0.498. The molecule has 1 aliphatic carbocycles. The molecule has 0 radical (unpaired) electrons. The lowest BCUT2D eigenvalue weighted by atomic mass is 9.67. The van der Waals surface area contributed by atoms with Gasteiger partial charge in [0.25, 0.3) is 0 Å². The second kappa shape index (κ2) is 10.1. The fourth-order valence-corrected chi connectivity index (χ4v) is 8.92. The van der Waals surface area contributed by atoms with E-state index in [0.29, 0.717) is 5.82 Å². The zero-order chi connectivity index (χ0) is 31.0. The van der Waals surface area contributed by atoms with Crippen LogP contribution in [0.2, 0.25) is 0 Å². The molecule has 0 amide bonds. The van der Waals surface area contributed by atoms with Crippen LogP contribution in [0.5, 0.6) is 0 Å². The predicted octanol–water partition coefficient (Wildman–Crippen LogP) is 11.1. The average Bonchev–Trinajstić information content (AvgIpc) is 3.74. The van der Waals surface area contributed by atoms with Gasteiger partial charge >= 0.3 is 0 Å². The molecule has 2 aliphatic rings. The summed E-state index contributed by atoms with van der Waals surface area (Å²) in [5.74, 6) is 0.685. The van der Waals surface area contributed by atoms with Crippen molar-refractivity contribution in [3.63, 3.8) is 0 Å². The maximum absolute atomic E-state index is 6.39. The highest BCUT2D eigenvalue weighted by Gasteiger charge is 2.51. The van der Waals surface area contributed by atoms with Crippen molar-refractivity contribution in [2.45, 2.75) is 15.2 Å². The van der Waals surface area contributed by atoms with E-state index in [2.05, 4.69) is 127 Å². The van der Waals surface area contributed by atoms with Crippen molar-refractivity contribution >= 4 is 22.7 Å². The molecule has 4 heteroatoms. The molecule has 3 nitrogen and oxygen atoms in total. The number of rotatable bonds is 3. The Morgan fingerprint density at radius 1 is 0.489 bits per heavy atom. The Balaban J connectivity index is 1.33. The summed E-state index contributed by atoms with van der Waals surface area (Å²) in [4.78, 5) is 12.9. The number of fused-ring (bicyclic) bond motifs is 11. The van der Waals surface area contributed by atoms with Gasteiger partial charge in [0.2, 0.25) is 0 Å². The summed E-state index contributed by atoms with van der Waals surface area (Å²) in [5.41, 5.74) is 12.7. The molecule has 0 atom stereocenters. The highest BCUT2D eigenvalue weighted by Crippen LogP contribution is 2.63. The molecule has 0 saturated carbocycles. The summed E-state index contributed by atoms with van der Waals surface area (Å²) in [5, 5.41) is 1.09. The average molecular weight is 619 g/mol. The lowest BCUT2D eigenvalue weighted by molar-refractivity contribution is 0.616. The van der Waals surface area contributed by atoms with Crippen LogP contribution in [0.25, 0.3) is 56.0 Å². The molecule has 2 aromatic heterocycles. The van der Waals surface area contributed by atoms with Gasteiger partial charge in [0.1, 0.15) is 5.58 Å². The molecular weight excluding hydrogens is 593 g/mol. The van der Waals surface area contributed by atoms with Gasteiger partial charge in [-0.05, 0) is 63.7 Å². The molecule has 0 bridgehead atoms. The first-order valence-corrected chi connectivity index (χ1v) is 16.6. The van der Waals surface area contributed by atoms with E-state index in [-0.39, 0.29) is 0 Å². The highest BCUT2D eigenvalue weighted by atomic mass is 32.2. The quantitative estimate of drug-likeness (QED) is 0.197. The molecule has 10 rings (SSSR count). The third-order valence-corrected chi connectivity index (χ3v) is 10.8. The van der Waals surface area contributed by atoms with Gasteiger partial charge in [0.05, 0.1) is 23.1 Å². The first kappa shape index (κ1) is 26.5. The van der Waals surface area contributed by atoms with E-state index in [1.54, 1.807) is 0 Å². The summed E-state index contributed by atoms with van der Waals surface area (Å²) in [6, 6.07) is 53.9. The van der Waals surface area contributed by atoms with Crippen LogP contribution in [0.1, 0.15) is 22.3 Å². The van der Waals surface area contributed by atoms with Gasteiger partial charge in [-0.15, -0.1) is 0 Å². The third kappa shape index (κ3) is 3.76. The normalized spacial score (nSPS) is 13.6. The van der Waals surface area contributed by atoms with Crippen molar-refractivity contribution in [3.05, 3.63) is 180 Å². The molecule has 0 saturated heterocycles. The van der Waals surface area contributed by atoms with E-state index in [0.717, 1.165) is 39.0 Å². The van der Waals surface area contributed by atoms with E-state index < -0.39 is 5.41 Å². The molecule has 0 N–H and O–H groups in total. The lowest BCUT2D eigenvalue weighted by Crippen LogP contribution is -2.32. The molecule has 6 aromatic carbocycles. The second-order valence-electron chi connectivity index (χ2n) is 12.1. The number of furan rings is 1. The molecule has 3 heterocycles. The fourth-order valence-electron chi connectivity index (χ4n) is 7.72. The maximum atomic E-state index is 6.39. The Morgan fingerprint density at radius 2 is 1.09 bits per heavy atom. The van der Waals surface area contributed by atoms with Crippen LogP contribution >= 0.6 is 11.8 Å². The van der Waals surface area contributed by atoms with Crippen LogP contribution < -0.4 is 0 Å². The SMILES string of the molecule is c1ccc(-c2cc(-c3cc4c(c5ccoc35)-c3ccccc3C43c4ccccc4Sc4ccccc43)nc(-c3ccccc3)n2)cc1. The van der Waals surface area contributed by atoms with Crippen LogP contribution in [0.4, 0.5) is 0 Å². The zero-order valence-corrected chi connectivity index (χ0v) is 26.0. The number of aromatic nitrogens is 2. The minimum Gasteiger partial charge on any atom is -0.464 e. The molecular formula is C43H26N2OS. The summed E-state index contributed by atoms with van der Waals surface area (Å²) in [6.07, 6.45) is 1.82. The van der Waals surface area contributed by atoms with Crippen LogP contribution in [0.3, 0.4) is 0 Å². The molecule has 1 aliphatic heterocycles. The van der Waals surface area contributed by atoms with E-state index >= 15 is 0 Å². The standard InChI is InChI=1S/C43H26N2OS/c1-3-13-27(14-4-1)36-26-37(45-42(44-36)28-15-5-2-6-16-28)31-25-35-40(30-23-24-46-41(30)31)29-17-7-8-18-32(29)43(35)33-19-9-11-21-38(33)47-39-22-12-10-20-34(39)43/h1-26H. The first-order valence-electron chi connectivity index (χ1n) is 15.8. The van der Waals surface area contributed by atoms with E-state index in [4.69, 9.17) is 14.4 Å². The topological polar surface area (TPSA) is 38.9 Å². The van der Waals surface area contributed by atoms with Crippen molar-refractivity contribution in [1.82, 2.24) is 9.97 Å². The molecule has 8 aromatic rings. The Bertz CT molecular complexity index is 2400. The van der Waals surface area contributed by atoms with Gasteiger partial charge in [-0.25, -0.2) is 9.97 Å². The maximum Gasteiger partial charge on any atom is 0.160 e. The highest BCUT2D eigenvalue weighted by molar-refractivity contribution is 7.99. The number of benzene rings is 6. The van der Waals surface area contributed by atoms with Crippen molar-refractivity contribution in [1.29, 1.82) is 0 Å². The molecule has 0 fully saturated rings. The predicted molar refractivity (Wildman–Crippen MR) is 190 cm³/mol. The van der Waals surface area contributed by atoms with Gasteiger partial charge in [-0.3, -0.25) is 0 Å². The Morgan fingerprint density at radius 3 is 1.81 bits per heavy atom. The summed E-state index contributed by atoms with van der Waals surface area (Å²) in [7, 11) is 0. The van der Waals surface area contributed by atoms with E-state index in [1.165, 1.54) is 43.2 Å². The Labute approximate surface area is 276 Å². The van der Waals surface area contributed by atoms with Crippen LogP contribution in [-0.4, -0.2) is 9.97 Å². The minimum absolute atomic E-state index is 0.498. The van der Waals surface area contributed by atoms with Crippen molar-refractivity contribution in [2.24, 2.45) is 0 Å². The number of hydrogen-bond acceptors (Lipinski definition) is 4. The fraction of sp³-hybridized carbons (Fsp3) is 0.0233. The van der Waals surface area contributed by atoms with Crippen molar-refractivity contribution in [2.75, 3.05) is 0 Å². The monoisotopic (exact) mass is 618 g/mol. The molecule has 220 valence electrons. The third-order valence-electron chi connectivity index (χ3n) is 9.65. The second-order valence-corrected chi connectivity index (χ2v) is 13.2. The van der Waals surface area contributed by atoms with Gasteiger partial charge in [0.15, 0.2) is 5.82 Å². The summed E-state index contributed by atoms with van der Waals surface area (Å²) < 4.78 is 6.39. The van der Waals surface area contributed by atoms with E-state index in [9.17, 15) is 0 Å². The summed E-state index contributed by atoms with van der Waals surface area (Å²) >= 11 is 1.86. The Hall–Kier alpha value is -5.71. The van der Waals surface area contributed by atoms with Crippen molar-refractivity contribution in [3.8, 4) is 45.0 Å². The summed E-state index contributed by atoms with van der Waals surface area (Å²) in [6.45, 7) is 0. The molecule has 1 spiro atoms. The smallest absolute Gasteiger partial charge is 0.160 e. The van der Waals surface area contributed by atoms with Crippen LogP contribution in [0, 0.1) is 0 Å². The number of hydrogen-bond donors (Lipinski definition) is 0. The molecule has 47 heavy (non-hydrogen) atoms.